The predicted molar refractivity (Wildman–Crippen MR) is 41.6 cm³/mol. The molecule has 0 aliphatic carbocycles. The normalized spacial score (nSPS) is 12.9. The highest BCUT2D eigenvalue weighted by Gasteiger charge is 2.18. The van der Waals surface area contributed by atoms with E-state index in [1.165, 1.54) is 0 Å². The minimum atomic E-state index is -1.04. The molecule has 0 N–H and O–H groups in total. The molecule has 0 aromatic rings. The van der Waals surface area contributed by atoms with Crippen molar-refractivity contribution >= 4 is 19.3 Å². The van der Waals surface area contributed by atoms with Crippen LogP contribution in [-0.2, 0) is 0 Å². The molecule has 0 aromatic heterocycles. The van der Waals surface area contributed by atoms with E-state index in [2.05, 4.69) is 39.0 Å². The van der Waals surface area contributed by atoms with Crippen LogP contribution in [0.2, 0.25) is 18.6 Å². The number of rotatable bonds is 1. The van der Waals surface area contributed by atoms with Crippen molar-refractivity contribution in [1.29, 1.82) is 0 Å². The molecule has 0 spiro atoms. The largest absolute Gasteiger partial charge is 0.202 e. The summed E-state index contributed by atoms with van der Waals surface area (Å²) in [5.41, 5.74) is 0.802. The van der Waals surface area contributed by atoms with Gasteiger partial charge in [-0.25, -0.2) is 12.1 Å². The van der Waals surface area contributed by atoms with E-state index in [4.69, 9.17) is 0 Å². The molecule has 2 heteroatoms. The second kappa shape index (κ2) is 2.22. The van der Waals surface area contributed by atoms with Crippen LogP contribution in [0.3, 0.4) is 0 Å². The standard InChI is InChI=1S/C5H14SSi/c1-5(2)7(3,4)6/h5-6H,1-4H3. The molecule has 0 atom stereocenters. The van der Waals surface area contributed by atoms with Gasteiger partial charge in [-0.2, -0.15) is 0 Å². The van der Waals surface area contributed by atoms with Crippen molar-refractivity contribution < 1.29 is 0 Å². The lowest BCUT2D eigenvalue weighted by atomic mass is 10.6. The van der Waals surface area contributed by atoms with Gasteiger partial charge in [0.15, 0.2) is 0 Å². The van der Waals surface area contributed by atoms with E-state index in [1.54, 1.807) is 0 Å². The third kappa shape index (κ3) is 3.18. The van der Waals surface area contributed by atoms with Gasteiger partial charge in [0.1, 0.15) is 7.22 Å². The van der Waals surface area contributed by atoms with Crippen LogP contribution in [0.4, 0.5) is 0 Å². The molecule has 0 aliphatic rings. The van der Waals surface area contributed by atoms with Gasteiger partial charge < -0.3 is 0 Å². The summed E-state index contributed by atoms with van der Waals surface area (Å²) in [6.07, 6.45) is 0. The summed E-state index contributed by atoms with van der Waals surface area (Å²) in [5.74, 6) is 0. The summed E-state index contributed by atoms with van der Waals surface area (Å²) >= 11 is 4.49. The smallest absolute Gasteiger partial charge is 0.109 e. The fourth-order valence-electron chi connectivity index (χ4n) is 0. The van der Waals surface area contributed by atoms with Crippen LogP contribution >= 0.6 is 12.1 Å². The monoisotopic (exact) mass is 134 g/mol. The predicted octanol–water partition coefficient (Wildman–Crippen LogP) is 2.53. The average Bonchev–Trinajstić information content (AvgIpc) is 1.31. The van der Waals surface area contributed by atoms with E-state index in [-0.39, 0.29) is 0 Å². The highest BCUT2D eigenvalue weighted by molar-refractivity contribution is 8.14. The van der Waals surface area contributed by atoms with Gasteiger partial charge >= 0.3 is 0 Å². The Hall–Kier alpha value is 0.567. The third-order valence-electron chi connectivity index (χ3n) is 1.41. The van der Waals surface area contributed by atoms with E-state index in [0.717, 1.165) is 5.54 Å². The molecular formula is C5H14SSi. The number of thiol groups is 1. The molecule has 0 radical (unpaired) electrons. The third-order valence-corrected chi connectivity index (χ3v) is 5.79. The van der Waals surface area contributed by atoms with Crippen LogP contribution < -0.4 is 0 Å². The SMILES string of the molecule is CC(C)[Si](C)(C)S. The zero-order chi connectivity index (χ0) is 6.08. The Kier molecular flexibility index (Phi) is 2.40. The molecule has 0 aliphatic heterocycles. The van der Waals surface area contributed by atoms with Gasteiger partial charge in [0.05, 0.1) is 0 Å². The molecule has 0 unspecified atom stereocenters. The summed E-state index contributed by atoms with van der Waals surface area (Å²) in [6.45, 7) is 9.00. The lowest BCUT2D eigenvalue weighted by molar-refractivity contribution is 1.03. The number of hydrogen-bond acceptors (Lipinski definition) is 1. The van der Waals surface area contributed by atoms with E-state index in [0.29, 0.717) is 0 Å². The summed E-state index contributed by atoms with van der Waals surface area (Å²) in [4.78, 5) is 0. The van der Waals surface area contributed by atoms with Gasteiger partial charge in [0, 0.05) is 0 Å². The average molecular weight is 134 g/mol. The maximum Gasteiger partial charge on any atom is 0.109 e. The highest BCUT2D eigenvalue weighted by Crippen LogP contribution is 2.22. The molecular weight excluding hydrogens is 120 g/mol. The van der Waals surface area contributed by atoms with Crippen LogP contribution in [0.15, 0.2) is 0 Å². The lowest BCUT2D eigenvalue weighted by Crippen LogP contribution is -2.20. The van der Waals surface area contributed by atoms with E-state index < -0.39 is 7.22 Å². The van der Waals surface area contributed by atoms with Gasteiger partial charge in [-0.1, -0.05) is 26.9 Å². The Morgan fingerprint density at radius 2 is 1.43 bits per heavy atom. The van der Waals surface area contributed by atoms with Crippen molar-refractivity contribution in [1.82, 2.24) is 0 Å². The molecule has 44 valence electrons. The quantitative estimate of drug-likeness (QED) is 0.413. The molecule has 0 bridgehead atoms. The Balaban J connectivity index is 3.54. The summed E-state index contributed by atoms with van der Waals surface area (Å²) < 4.78 is 0. The van der Waals surface area contributed by atoms with E-state index in [9.17, 15) is 0 Å². The van der Waals surface area contributed by atoms with Gasteiger partial charge in [0.2, 0.25) is 0 Å². The molecule has 0 amide bonds. The topological polar surface area (TPSA) is 0 Å². The van der Waals surface area contributed by atoms with Crippen molar-refractivity contribution in [2.75, 3.05) is 0 Å². The van der Waals surface area contributed by atoms with Crippen LogP contribution in [0, 0.1) is 0 Å². The maximum atomic E-state index is 4.49. The number of hydrogen-bond donors (Lipinski definition) is 1. The fourth-order valence-corrected chi connectivity index (χ4v) is 0. The minimum absolute atomic E-state index is 0.802. The first-order valence-corrected chi connectivity index (χ1v) is 7.03. The second-order valence-electron chi connectivity index (χ2n) is 2.81. The van der Waals surface area contributed by atoms with E-state index >= 15 is 0 Å². The second-order valence-corrected chi connectivity index (χ2v) is 10.7. The Morgan fingerprint density at radius 1 is 1.29 bits per heavy atom. The zero-order valence-corrected chi connectivity index (χ0v) is 7.42. The van der Waals surface area contributed by atoms with Crippen molar-refractivity contribution in [2.45, 2.75) is 32.5 Å². The van der Waals surface area contributed by atoms with Gasteiger partial charge in [-0.05, 0) is 5.54 Å². The van der Waals surface area contributed by atoms with Crippen molar-refractivity contribution in [2.24, 2.45) is 0 Å². The lowest BCUT2D eigenvalue weighted by Gasteiger charge is -2.18. The summed E-state index contributed by atoms with van der Waals surface area (Å²) in [7, 11) is -1.04. The van der Waals surface area contributed by atoms with Gasteiger partial charge in [0.25, 0.3) is 0 Å². The Morgan fingerprint density at radius 3 is 1.43 bits per heavy atom. The molecule has 7 heavy (non-hydrogen) atoms. The zero-order valence-electron chi connectivity index (χ0n) is 5.52. The maximum absolute atomic E-state index is 4.49. The molecule has 0 nitrogen and oxygen atoms in total. The molecule has 0 saturated heterocycles. The summed E-state index contributed by atoms with van der Waals surface area (Å²) in [6, 6.07) is 0. The molecule has 0 rings (SSSR count). The first-order chi connectivity index (χ1) is 2.94. The van der Waals surface area contributed by atoms with Crippen molar-refractivity contribution in [3.05, 3.63) is 0 Å². The van der Waals surface area contributed by atoms with Gasteiger partial charge in [-0.3, -0.25) is 0 Å². The highest BCUT2D eigenvalue weighted by atomic mass is 32.3. The van der Waals surface area contributed by atoms with Crippen LogP contribution in [0.5, 0.6) is 0 Å². The minimum Gasteiger partial charge on any atom is -0.202 e. The Labute approximate surface area is 52.4 Å². The molecule has 0 aromatic carbocycles. The van der Waals surface area contributed by atoms with Crippen molar-refractivity contribution in [3.8, 4) is 0 Å². The van der Waals surface area contributed by atoms with E-state index in [1.807, 2.05) is 0 Å². The fraction of sp³-hybridized carbons (Fsp3) is 1.00. The first-order valence-electron chi connectivity index (χ1n) is 2.67. The molecule has 0 heterocycles. The molecule has 0 saturated carbocycles. The summed E-state index contributed by atoms with van der Waals surface area (Å²) in [5, 5.41) is 0. The van der Waals surface area contributed by atoms with Gasteiger partial charge in [-0.15, -0.1) is 0 Å². The first kappa shape index (κ1) is 7.57. The molecule has 0 fully saturated rings. The van der Waals surface area contributed by atoms with Crippen LogP contribution in [0.25, 0.3) is 0 Å². The van der Waals surface area contributed by atoms with Crippen LogP contribution in [0.1, 0.15) is 13.8 Å². The van der Waals surface area contributed by atoms with Crippen molar-refractivity contribution in [3.63, 3.8) is 0 Å². The van der Waals surface area contributed by atoms with Crippen LogP contribution in [-0.4, -0.2) is 7.22 Å². The Bertz CT molecular complexity index is 53.6.